The number of hydrogen-bond acceptors (Lipinski definition) is 4. The predicted molar refractivity (Wildman–Crippen MR) is 62.3 cm³/mol. The van der Waals surface area contributed by atoms with E-state index in [4.69, 9.17) is 18.0 Å². The molecule has 0 bridgehead atoms. The highest BCUT2D eigenvalue weighted by atomic mass is 28.4. The quantitative estimate of drug-likeness (QED) is 0.695. The van der Waals surface area contributed by atoms with Crippen LogP contribution in [-0.4, -0.2) is 42.3 Å². The zero-order chi connectivity index (χ0) is 11.4. The first-order valence-corrected chi connectivity index (χ1v) is 7.97. The molecule has 16 heavy (non-hydrogen) atoms. The molecule has 0 aromatic rings. The van der Waals surface area contributed by atoms with Crippen molar-refractivity contribution < 1.29 is 18.0 Å². The molecule has 1 aliphatic heterocycles. The molecular formula is C11H22O4Si. The first-order chi connectivity index (χ1) is 7.80. The van der Waals surface area contributed by atoms with Crippen LogP contribution in [0.2, 0.25) is 5.54 Å². The van der Waals surface area contributed by atoms with Crippen molar-refractivity contribution in [2.75, 3.05) is 27.4 Å². The summed E-state index contributed by atoms with van der Waals surface area (Å²) in [5, 5.41) is 0. The van der Waals surface area contributed by atoms with Crippen molar-refractivity contribution in [3.05, 3.63) is 0 Å². The van der Waals surface area contributed by atoms with E-state index in [0.717, 1.165) is 13.0 Å². The van der Waals surface area contributed by atoms with Crippen LogP contribution in [0.25, 0.3) is 0 Å². The predicted octanol–water partition coefficient (Wildman–Crippen LogP) is 1.97. The van der Waals surface area contributed by atoms with Crippen LogP contribution < -0.4 is 0 Å². The summed E-state index contributed by atoms with van der Waals surface area (Å²) in [4.78, 5) is 0. The van der Waals surface area contributed by atoms with Gasteiger partial charge >= 0.3 is 8.80 Å². The van der Waals surface area contributed by atoms with E-state index < -0.39 is 8.80 Å². The van der Waals surface area contributed by atoms with Gasteiger partial charge in [0.1, 0.15) is 0 Å². The molecule has 0 aromatic heterocycles. The maximum atomic E-state index is 6.15. The smallest absolute Gasteiger partial charge is 0.379 e. The molecule has 0 amide bonds. The van der Waals surface area contributed by atoms with E-state index in [9.17, 15) is 0 Å². The number of hydrogen-bond donors (Lipinski definition) is 0. The summed E-state index contributed by atoms with van der Waals surface area (Å²) in [5.41, 5.74) is 0.489. The minimum atomic E-state index is -2.46. The van der Waals surface area contributed by atoms with Crippen molar-refractivity contribution in [2.45, 2.75) is 43.7 Å². The second kappa shape index (κ2) is 5.60. The van der Waals surface area contributed by atoms with Crippen LogP contribution in [0, 0.1) is 0 Å². The SMILES string of the molecule is CO[Si](OC)(OC1CCOC1)C1CCCC1. The van der Waals surface area contributed by atoms with Crippen LogP contribution in [0.5, 0.6) is 0 Å². The topological polar surface area (TPSA) is 36.9 Å². The molecule has 1 unspecified atom stereocenters. The molecule has 2 aliphatic rings. The maximum Gasteiger partial charge on any atom is 0.504 e. The van der Waals surface area contributed by atoms with E-state index >= 15 is 0 Å². The van der Waals surface area contributed by atoms with E-state index in [1.165, 1.54) is 25.7 Å². The van der Waals surface area contributed by atoms with E-state index in [-0.39, 0.29) is 6.10 Å². The average Bonchev–Trinajstić information content (AvgIpc) is 2.99. The van der Waals surface area contributed by atoms with Crippen LogP contribution in [0.4, 0.5) is 0 Å². The Balaban J connectivity index is 2.00. The summed E-state index contributed by atoms with van der Waals surface area (Å²) in [5.74, 6) is 0. The summed E-state index contributed by atoms with van der Waals surface area (Å²) >= 11 is 0. The Morgan fingerprint density at radius 3 is 2.25 bits per heavy atom. The lowest BCUT2D eigenvalue weighted by molar-refractivity contribution is 0.0397. The van der Waals surface area contributed by atoms with Gasteiger partial charge in [-0.05, 0) is 19.3 Å². The standard InChI is InChI=1S/C11H22O4Si/c1-12-16(13-2,11-5-3-4-6-11)15-10-7-8-14-9-10/h10-11H,3-9H2,1-2H3. The molecular weight excluding hydrogens is 224 g/mol. The van der Waals surface area contributed by atoms with Crippen molar-refractivity contribution in [3.8, 4) is 0 Å². The van der Waals surface area contributed by atoms with Gasteiger partial charge in [-0.2, -0.15) is 0 Å². The molecule has 0 aromatic carbocycles. The van der Waals surface area contributed by atoms with Crippen molar-refractivity contribution in [1.82, 2.24) is 0 Å². The normalized spacial score (nSPS) is 27.8. The molecule has 94 valence electrons. The lowest BCUT2D eigenvalue weighted by Crippen LogP contribution is -2.50. The molecule has 4 nitrogen and oxygen atoms in total. The minimum Gasteiger partial charge on any atom is -0.379 e. The Kier molecular flexibility index (Phi) is 4.38. The second-order valence-corrected chi connectivity index (χ2v) is 7.67. The highest BCUT2D eigenvalue weighted by Gasteiger charge is 2.50. The molecule has 1 saturated heterocycles. The Bertz CT molecular complexity index is 208. The van der Waals surface area contributed by atoms with E-state index in [1.54, 1.807) is 14.2 Å². The third-order valence-corrected chi connectivity index (χ3v) is 7.02. The number of rotatable bonds is 5. The van der Waals surface area contributed by atoms with Gasteiger partial charge in [-0.25, -0.2) is 0 Å². The molecule has 1 heterocycles. The third kappa shape index (κ3) is 2.48. The van der Waals surface area contributed by atoms with E-state index in [1.807, 2.05) is 0 Å². The van der Waals surface area contributed by atoms with Gasteiger partial charge in [-0.15, -0.1) is 0 Å². The summed E-state index contributed by atoms with van der Waals surface area (Å²) in [6.07, 6.45) is 6.05. The lowest BCUT2D eigenvalue weighted by Gasteiger charge is -2.33. The van der Waals surface area contributed by atoms with Gasteiger partial charge in [-0.1, -0.05) is 12.8 Å². The van der Waals surface area contributed by atoms with Crippen LogP contribution in [0.15, 0.2) is 0 Å². The molecule has 2 rings (SSSR count). The van der Waals surface area contributed by atoms with Crippen LogP contribution >= 0.6 is 0 Å². The van der Waals surface area contributed by atoms with Gasteiger partial charge in [-0.3, -0.25) is 0 Å². The van der Waals surface area contributed by atoms with Crippen molar-refractivity contribution in [3.63, 3.8) is 0 Å². The monoisotopic (exact) mass is 246 g/mol. The van der Waals surface area contributed by atoms with E-state index in [2.05, 4.69) is 0 Å². The first-order valence-electron chi connectivity index (χ1n) is 6.16. The van der Waals surface area contributed by atoms with Gasteiger partial charge < -0.3 is 18.0 Å². The average molecular weight is 246 g/mol. The van der Waals surface area contributed by atoms with Crippen molar-refractivity contribution >= 4 is 8.80 Å². The summed E-state index contributed by atoms with van der Waals surface area (Å²) in [6, 6.07) is 0. The summed E-state index contributed by atoms with van der Waals surface area (Å²) < 4.78 is 22.8. The number of ether oxygens (including phenoxy) is 1. The van der Waals surface area contributed by atoms with Gasteiger partial charge in [0.15, 0.2) is 0 Å². The molecule has 1 atom stereocenters. The van der Waals surface area contributed by atoms with Gasteiger partial charge in [0.2, 0.25) is 0 Å². The van der Waals surface area contributed by atoms with Crippen LogP contribution in [0.1, 0.15) is 32.1 Å². The zero-order valence-corrected chi connectivity index (χ0v) is 11.2. The Labute approximate surface area is 98.6 Å². The Morgan fingerprint density at radius 2 is 1.75 bits per heavy atom. The fraction of sp³-hybridized carbons (Fsp3) is 1.00. The van der Waals surface area contributed by atoms with Crippen molar-refractivity contribution in [1.29, 1.82) is 0 Å². The highest BCUT2D eigenvalue weighted by Crippen LogP contribution is 2.40. The zero-order valence-electron chi connectivity index (χ0n) is 10.2. The van der Waals surface area contributed by atoms with E-state index in [0.29, 0.717) is 12.1 Å². The fourth-order valence-corrected chi connectivity index (χ4v) is 5.71. The fourth-order valence-electron chi connectivity index (χ4n) is 2.73. The summed E-state index contributed by atoms with van der Waals surface area (Å²) in [7, 11) is 0.997. The van der Waals surface area contributed by atoms with Gasteiger partial charge in [0.25, 0.3) is 0 Å². The molecule has 1 saturated carbocycles. The first kappa shape index (κ1) is 12.5. The van der Waals surface area contributed by atoms with Crippen LogP contribution in [0.3, 0.4) is 0 Å². The molecule has 0 spiro atoms. The Morgan fingerprint density at radius 1 is 1.06 bits per heavy atom. The molecule has 1 aliphatic carbocycles. The third-order valence-electron chi connectivity index (χ3n) is 3.64. The molecule has 5 heteroatoms. The summed E-state index contributed by atoms with van der Waals surface area (Å²) in [6.45, 7) is 1.49. The van der Waals surface area contributed by atoms with Crippen LogP contribution in [-0.2, 0) is 18.0 Å². The second-order valence-electron chi connectivity index (χ2n) is 4.60. The maximum absolute atomic E-state index is 6.15. The Hall–Kier alpha value is 0.0569. The molecule has 2 fully saturated rings. The molecule has 0 N–H and O–H groups in total. The van der Waals surface area contributed by atoms with Crippen molar-refractivity contribution in [2.24, 2.45) is 0 Å². The minimum absolute atomic E-state index is 0.173. The molecule has 0 radical (unpaired) electrons. The highest BCUT2D eigenvalue weighted by molar-refractivity contribution is 6.62. The van der Waals surface area contributed by atoms with Gasteiger partial charge in [0, 0.05) is 26.4 Å². The largest absolute Gasteiger partial charge is 0.504 e. The van der Waals surface area contributed by atoms with Gasteiger partial charge in [0.05, 0.1) is 12.7 Å². The lowest BCUT2D eigenvalue weighted by atomic mass is 10.3.